The number of hydrogen-bond donors (Lipinski definition) is 0. The Kier molecular flexibility index (Phi) is 3.96. The van der Waals surface area contributed by atoms with Crippen molar-refractivity contribution in [3.05, 3.63) is 71.3 Å². The van der Waals surface area contributed by atoms with E-state index in [0.717, 1.165) is 6.42 Å². The molecule has 0 saturated heterocycles. The molecule has 0 aliphatic carbocycles. The van der Waals surface area contributed by atoms with Crippen molar-refractivity contribution in [2.24, 2.45) is 10.9 Å². The number of rotatable bonds is 3. The number of hydrogen-bond acceptors (Lipinski definition) is 1. The van der Waals surface area contributed by atoms with Gasteiger partial charge in [0.05, 0.1) is 6.04 Å². The summed E-state index contributed by atoms with van der Waals surface area (Å²) in [5, 5.41) is 0. The molecule has 1 heterocycles. The third kappa shape index (κ3) is 2.67. The van der Waals surface area contributed by atoms with Gasteiger partial charge in [0.15, 0.2) is 0 Å². The molecule has 0 aromatic heterocycles. The van der Waals surface area contributed by atoms with Gasteiger partial charge in [0.2, 0.25) is 0 Å². The summed E-state index contributed by atoms with van der Waals surface area (Å²) < 4.78 is 0. The fraction of sp³-hybridized carbons (Fsp3) is 0.316. The van der Waals surface area contributed by atoms with Crippen LogP contribution in [0.4, 0.5) is 0 Å². The maximum atomic E-state index is 4.91. The van der Waals surface area contributed by atoms with Gasteiger partial charge in [0, 0.05) is 6.21 Å². The van der Waals surface area contributed by atoms with E-state index in [1.165, 1.54) is 29.5 Å². The Balaban J connectivity index is 1.98. The fourth-order valence-electron chi connectivity index (χ4n) is 3.16. The first-order chi connectivity index (χ1) is 9.88. The van der Waals surface area contributed by atoms with Crippen LogP contribution in [0.2, 0.25) is 0 Å². The van der Waals surface area contributed by atoms with Gasteiger partial charge in [-0.2, -0.15) is 0 Å². The molecule has 20 heavy (non-hydrogen) atoms. The maximum absolute atomic E-state index is 4.91. The zero-order valence-electron chi connectivity index (χ0n) is 12.0. The van der Waals surface area contributed by atoms with E-state index in [1.807, 2.05) is 0 Å². The average Bonchev–Trinajstić information content (AvgIpc) is 2.68. The van der Waals surface area contributed by atoms with Gasteiger partial charge in [-0.25, -0.2) is 0 Å². The third-order valence-corrected chi connectivity index (χ3v) is 4.16. The smallest absolute Gasteiger partial charge is 0.0780 e. The van der Waals surface area contributed by atoms with Crippen LogP contribution in [0.1, 0.15) is 42.5 Å². The Morgan fingerprint density at radius 1 is 1.00 bits per heavy atom. The van der Waals surface area contributed by atoms with E-state index in [2.05, 4.69) is 67.7 Å². The van der Waals surface area contributed by atoms with Crippen molar-refractivity contribution in [3.63, 3.8) is 0 Å². The molecule has 0 amide bonds. The molecule has 2 aromatic carbocycles. The highest BCUT2D eigenvalue weighted by molar-refractivity contribution is 5.82. The summed E-state index contributed by atoms with van der Waals surface area (Å²) in [4.78, 5) is 4.91. The Bertz CT molecular complexity index is 586. The summed E-state index contributed by atoms with van der Waals surface area (Å²) in [6, 6.07) is 19.7. The first-order valence-electron chi connectivity index (χ1n) is 7.54. The lowest BCUT2D eigenvalue weighted by Crippen LogP contribution is -2.13. The van der Waals surface area contributed by atoms with Crippen molar-refractivity contribution in [1.82, 2.24) is 0 Å². The highest BCUT2D eigenvalue weighted by atomic mass is 14.8. The molecule has 0 radical (unpaired) electrons. The van der Waals surface area contributed by atoms with E-state index in [-0.39, 0.29) is 0 Å². The summed E-state index contributed by atoms with van der Waals surface area (Å²) in [6.45, 7) is 2.27. The quantitative estimate of drug-likeness (QED) is 0.753. The average molecular weight is 263 g/mol. The summed E-state index contributed by atoms with van der Waals surface area (Å²) in [7, 11) is 0. The van der Waals surface area contributed by atoms with E-state index < -0.39 is 0 Å². The summed E-state index contributed by atoms with van der Waals surface area (Å²) in [5.74, 6) is 0.599. The Morgan fingerprint density at radius 2 is 1.75 bits per heavy atom. The van der Waals surface area contributed by atoms with Crippen molar-refractivity contribution >= 4 is 6.21 Å². The zero-order chi connectivity index (χ0) is 13.8. The molecule has 0 bridgehead atoms. The predicted molar refractivity (Wildman–Crippen MR) is 85.3 cm³/mol. The lowest BCUT2D eigenvalue weighted by molar-refractivity contribution is 0.401. The zero-order valence-corrected chi connectivity index (χ0v) is 12.0. The molecule has 2 aromatic rings. The minimum Gasteiger partial charge on any atom is -0.284 e. The SMILES string of the molecule is CCC[C@H]1Cc2ccccc2C=N[C@H]1c1ccccc1. The highest BCUT2D eigenvalue weighted by Crippen LogP contribution is 2.34. The lowest BCUT2D eigenvalue weighted by atomic mass is 9.85. The van der Waals surface area contributed by atoms with Crippen molar-refractivity contribution in [2.75, 3.05) is 0 Å². The molecule has 0 spiro atoms. The molecule has 0 saturated carbocycles. The largest absolute Gasteiger partial charge is 0.284 e. The lowest BCUT2D eigenvalue weighted by Gasteiger charge is -2.23. The highest BCUT2D eigenvalue weighted by Gasteiger charge is 2.24. The molecule has 0 fully saturated rings. The number of nitrogens with zero attached hydrogens (tertiary/aromatic N) is 1. The maximum Gasteiger partial charge on any atom is 0.0780 e. The first kappa shape index (κ1) is 13.1. The molecule has 1 aliphatic heterocycles. The standard InChI is InChI=1S/C19H21N/c1-2-8-17-13-16-11-6-7-12-18(16)14-20-19(17)15-9-4-3-5-10-15/h3-7,9-12,14,17,19H,2,8,13H2,1H3/t17-,19-/m0/s1. The van der Waals surface area contributed by atoms with Crippen LogP contribution in [0.5, 0.6) is 0 Å². The van der Waals surface area contributed by atoms with Crippen LogP contribution >= 0.6 is 0 Å². The second-order valence-electron chi connectivity index (χ2n) is 5.59. The van der Waals surface area contributed by atoms with Crippen LogP contribution in [0.3, 0.4) is 0 Å². The van der Waals surface area contributed by atoms with Gasteiger partial charge >= 0.3 is 0 Å². The van der Waals surface area contributed by atoms with E-state index in [0.29, 0.717) is 12.0 Å². The monoisotopic (exact) mass is 263 g/mol. The van der Waals surface area contributed by atoms with Crippen LogP contribution in [0.25, 0.3) is 0 Å². The van der Waals surface area contributed by atoms with Crippen LogP contribution in [-0.2, 0) is 6.42 Å². The van der Waals surface area contributed by atoms with E-state index in [1.54, 1.807) is 0 Å². The van der Waals surface area contributed by atoms with Crippen LogP contribution in [0, 0.1) is 5.92 Å². The molecular weight excluding hydrogens is 242 g/mol. The Morgan fingerprint density at radius 3 is 2.55 bits per heavy atom. The molecule has 0 N–H and O–H groups in total. The van der Waals surface area contributed by atoms with Crippen molar-refractivity contribution in [1.29, 1.82) is 0 Å². The first-order valence-corrected chi connectivity index (χ1v) is 7.54. The molecule has 2 atom stereocenters. The van der Waals surface area contributed by atoms with Gasteiger partial charge < -0.3 is 0 Å². The molecule has 1 aliphatic rings. The number of aliphatic imine (C=N–C) groups is 1. The topological polar surface area (TPSA) is 12.4 Å². The summed E-state index contributed by atoms with van der Waals surface area (Å²) in [6.07, 6.45) is 5.64. The van der Waals surface area contributed by atoms with E-state index in [4.69, 9.17) is 4.99 Å². The fourth-order valence-corrected chi connectivity index (χ4v) is 3.16. The number of benzene rings is 2. The second-order valence-corrected chi connectivity index (χ2v) is 5.59. The Hall–Kier alpha value is -1.89. The van der Waals surface area contributed by atoms with Gasteiger partial charge in [-0.15, -0.1) is 0 Å². The van der Waals surface area contributed by atoms with Gasteiger partial charge in [-0.05, 0) is 35.4 Å². The molecule has 1 nitrogen and oxygen atoms in total. The Labute approximate surface area is 121 Å². The van der Waals surface area contributed by atoms with Gasteiger partial charge in [-0.3, -0.25) is 4.99 Å². The molecule has 0 unspecified atom stereocenters. The van der Waals surface area contributed by atoms with Gasteiger partial charge in [-0.1, -0.05) is 67.9 Å². The normalized spacial score (nSPS) is 21.2. The van der Waals surface area contributed by atoms with Crippen LogP contribution < -0.4 is 0 Å². The number of fused-ring (bicyclic) bond motifs is 1. The van der Waals surface area contributed by atoms with Crippen LogP contribution in [-0.4, -0.2) is 6.21 Å². The molecular formula is C19H21N. The minimum absolute atomic E-state index is 0.295. The predicted octanol–water partition coefficient (Wildman–Crippen LogP) is 4.82. The minimum atomic E-state index is 0.295. The van der Waals surface area contributed by atoms with Gasteiger partial charge in [0.25, 0.3) is 0 Å². The summed E-state index contributed by atoms with van der Waals surface area (Å²) >= 11 is 0. The van der Waals surface area contributed by atoms with Crippen LogP contribution in [0.15, 0.2) is 59.6 Å². The van der Waals surface area contributed by atoms with Crippen molar-refractivity contribution < 1.29 is 0 Å². The molecule has 3 rings (SSSR count). The third-order valence-electron chi connectivity index (χ3n) is 4.16. The molecule has 102 valence electrons. The van der Waals surface area contributed by atoms with Gasteiger partial charge in [0.1, 0.15) is 0 Å². The van der Waals surface area contributed by atoms with E-state index >= 15 is 0 Å². The van der Waals surface area contributed by atoms with Crippen molar-refractivity contribution in [2.45, 2.75) is 32.2 Å². The summed E-state index contributed by atoms with van der Waals surface area (Å²) in [5.41, 5.74) is 4.06. The van der Waals surface area contributed by atoms with E-state index in [9.17, 15) is 0 Å². The van der Waals surface area contributed by atoms with Crippen molar-refractivity contribution in [3.8, 4) is 0 Å². The molecule has 1 heteroatoms. The second kappa shape index (κ2) is 6.04.